The van der Waals surface area contributed by atoms with Crippen molar-refractivity contribution < 1.29 is 23.5 Å². The minimum absolute atomic E-state index is 0.0257. The molecule has 1 unspecified atom stereocenters. The number of rotatable bonds is 2. The molecule has 0 spiro atoms. The molecule has 1 atom stereocenters. The fraction of sp³-hybridized carbons (Fsp3) is 0.333. The highest BCUT2D eigenvalue weighted by molar-refractivity contribution is 6.06. The maximum Gasteiger partial charge on any atom is 0.321 e. The van der Waals surface area contributed by atoms with Gasteiger partial charge >= 0.3 is 5.97 Å². The van der Waals surface area contributed by atoms with Crippen LogP contribution in [0.3, 0.4) is 0 Å². The largest absolute Gasteiger partial charge is 0.485 e. The lowest BCUT2D eigenvalue weighted by molar-refractivity contribution is -0.149. The molecule has 17 heavy (non-hydrogen) atoms. The molecule has 1 aliphatic rings. The van der Waals surface area contributed by atoms with Gasteiger partial charge in [-0.3, -0.25) is 9.59 Å². The number of fused-ring (bicyclic) bond motifs is 1. The molecule has 1 heterocycles. The first kappa shape index (κ1) is 11.6. The van der Waals surface area contributed by atoms with Gasteiger partial charge in [0.1, 0.15) is 18.2 Å². The van der Waals surface area contributed by atoms with Crippen molar-refractivity contribution in [3.63, 3.8) is 0 Å². The third-order valence-corrected chi connectivity index (χ3v) is 2.52. The Labute approximate surface area is 97.3 Å². The number of benzene rings is 1. The van der Waals surface area contributed by atoms with Gasteiger partial charge in [-0.25, -0.2) is 4.39 Å². The monoisotopic (exact) mass is 238 g/mol. The molecule has 0 bridgehead atoms. The second kappa shape index (κ2) is 4.53. The van der Waals surface area contributed by atoms with Crippen molar-refractivity contribution in [1.29, 1.82) is 0 Å². The average molecular weight is 238 g/mol. The third kappa shape index (κ3) is 2.00. The van der Waals surface area contributed by atoms with Gasteiger partial charge in [-0.15, -0.1) is 0 Å². The van der Waals surface area contributed by atoms with Crippen molar-refractivity contribution in [2.45, 2.75) is 12.8 Å². The molecule has 5 heteroatoms. The van der Waals surface area contributed by atoms with E-state index in [1.165, 1.54) is 18.2 Å². The standard InChI is InChI=1S/C12H11FO4/c1-2-16-12(15)11-8(14)6-17-9-5-3-4-7(13)10(9)11/h3-5,11H,2,6H2,1H3. The quantitative estimate of drug-likeness (QED) is 0.577. The van der Waals surface area contributed by atoms with Crippen LogP contribution in [0.1, 0.15) is 18.4 Å². The molecule has 1 aromatic carbocycles. The van der Waals surface area contributed by atoms with E-state index in [0.717, 1.165) is 0 Å². The second-order valence-electron chi connectivity index (χ2n) is 3.59. The summed E-state index contributed by atoms with van der Waals surface area (Å²) in [6.45, 7) is 1.54. The van der Waals surface area contributed by atoms with E-state index in [1.807, 2.05) is 0 Å². The van der Waals surface area contributed by atoms with Gasteiger partial charge in [-0.1, -0.05) is 6.07 Å². The summed E-state index contributed by atoms with van der Waals surface area (Å²) in [5.74, 6) is -2.83. The van der Waals surface area contributed by atoms with Crippen molar-refractivity contribution in [2.24, 2.45) is 0 Å². The number of hydrogen-bond donors (Lipinski definition) is 0. The molecule has 1 aromatic rings. The molecule has 0 saturated heterocycles. The molecule has 0 fully saturated rings. The van der Waals surface area contributed by atoms with E-state index in [1.54, 1.807) is 6.92 Å². The van der Waals surface area contributed by atoms with Crippen LogP contribution in [0.4, 0.5) is 4.39 Å². The number of Topliss-reactive ketones (excluding diaryl/α,β-unsaturated/α-hetero) is 1. The van der Waals surface area contributed by atoms with Gasteiger partial charge in [0.05, 0.1) is 12.2 Å². The Bertz CT molecular complexity index is 470. The highest BCUT2D eigenvalue weighted by Crippen LogP contribution is 2.34. The summed E-state index contributed by atoms with van der Waals surface area (Å²) >= 11 is 0. The smallest absolute Gasteiger partial charge is 0.321 e. The number of esters is 1. The summed E-state index contributed by atoms with van der Waals surface area (Å²) in [5, 5.41) is 0. The lowest BCUT2D eigenvalue weighted by Gasteiger charge is -2.23. The van der Waals surface area contributed by atoms with Gasteiger partial charge in [-0.2, -0.15) is 0 Å². The van der Waals surface area contributed by atoms with Crippen molar-refractivity contribution >= 4 is 11.8 Å². The average Bonchev–Trinajstić information content (AvgIpc) is 2.30. The minimum Gasteiger partial charge on any atom is -0.485 e. The van der Waals surface area contributed by atoms with E-state index in [-0.39, 0.29) is 24.5 Å². The van der Waals surface area contributed by atoms with E-state index in [0.29, 0.717) is 0 Å². The predicted molar refractivity (Wildman–Crippen MR) is 56.3 cm³/mol. The van der Waals surface area contributed by atoms with Crippen LogP contribution in [0.5, 0.6) is 5.75 Å². The number of ether oxygens (including phenoxy) is 2. The molecular formula is C12H11FO4. The summed E-state index contributed by atoms with van der Waals surface area (Å²) in [6, 6.07) is 4.18. The fourth-order valence-electron chi connectivity index (χ4n) is 1.79. The van der Waals surface area contributed by atoms with E-state index in [9.17, 15) is 14.0 Å². The minimum atomic E-state index is -1.21. The van der Waals surface area contributed by atoms with Crippen LogP contribution in [-0.2, 0) is 14.3 Å². The lowest BCUT2D eigenvalue weighted by Crippen LogP contribution is -2.33. The lowest BCUT2D eigenvalue weighted by atomic mass is 9.91. The molecule has 0 saturated carbocycles. The zero-order valence-electron chi connectivity index (χ0n) is 9.23. The molecule has 0 aliphatic carbocycles. The van der Waals surface area contributed by atoms with Crippen molar-refractivity contribution in [3.05, 3.63) is 29.6 Å². The highest BCUT2D eigenvalue weighted by Gasteiger charge is 2.38. The Hall–Kier alpha value is -1.91. The van der Waals surface area contributed by atoms with Crippen LogP contribution in [0, 0.1) is 5.82 Å². The SMILES string of the molecule is CCOC(=O)C1C(=O)COc2cccc(F)c21. The van der Waals surface area contributed by atoms with Gasteiger partial charge in [0.25, 0.3) is 0 Å². The van der Waals surface area contributed by atoms with Crippen molar-refractivity contribution in [1.82, 2.24) is 0 Å². The van der Waals surface area contributed by atoms with Gasteiger partial charge < -0.3 is 9.47 Å². The number of hydrogen-bond acceptors (Lipinski definition) is 4. The van der Waals surface area contributed by atoms with Crippen LogP contribution in [0.2, 0.25) is 0 Å². The van der Waals surface area contributed by atoms with Gasteiger partial charge in [-0.05, 0) is 19.1 Å². The van der Waals surface area contributed by atoms with Crippen molar-refractivity contribution in [2.75, 3.05) is 13.2 Å². The summed E-state index contributed by atoms with van der Waals surface area (Å²) in [6.07, 6.45) is 0. The Morgan fingerprint density at radius 1 is 1.59 bits per heavy atom. The molecule has 2 rings (SSSR count). The van der Waals surface area contributed by atoms with E-state index in [2.05, 4.69) is 0 Å². The maximum atomic E-state index is 13.7. The molecular weight excluding hydrogens is 227 g/mol. The van der Waals surface area contributed by atoms with E-state index < -0.39 is 23.5 Å². The zero-order valence-corrected chi connectivity index (χ0v) is 9.23. The summed E-state index contributed by atoms with van der Waals surface area (Å²) in [5.41, 5.74) is -0.0257. The fourth-order valence-corrected chi connectivity index (χ4v) is 1.79. The summed E-state index contributed by atoms with van der Waals surface area (Å²) in [7, 11) is 0. The van der Waals surface area contributed by atoms with E-state index >= 15 is 0 Å². The van der Waals surface area contributed by atoms with Crippen molar-refractivity contribution in [3.8, 4) is 5.75 Å². The molecule has 4 nitrogen and oxygen atoms in total. The zero-order chi connectivity index (χ0) is 12.4. The summed E-state index contributed by atoms with van der Waals surface area (Å²) in [4.78, 5) is 23.3. The van der Waals surface area contributed by atoms with E-state index in [4.69, 9.17) is 9.47 Å². The van der Waals surface area contributed by atoms with Crippen LogP contribution < -0.4 is 4.74 Å². The van der Waals surface area contributed by atoms with Crippen LogP contribution in [-0.4, -0.2) is 25.0 Å². The van der Waals surface area contributed by atoms with Crippen LogP contribution in [0.25, 0.3) is 0 Å². The first-order chi connectivity index (χ1) is 8.15. The number of ketones is 1. The van der Waals surface area contributed by atoms with Gasteiger partial charge in [0, 0.05) is 0 Å². The Balaban J connectivity index is 2.46. The Morgan fingerprint density at radius 2 is 2.35 bits per heavy atom. The molecule has 1 aliphatic heterocycles. The molecule has 0 N–H and O–H groups in total. The predicted octanol–water partition coefficient (Wildman–Crippen LogP) is 1.43. The summed E-state index contributed by atoms with van der Waals surface area (Å²) < 4.78 is 23.5. The highest BCUT2D eigenvalue weighted by atomic mass is 19.1. The Kier molecular flexibility index (Phi) is 3.08. The molecule has 90 valence electrons. The number of carbonyl (C=O) groups excluding carboxylic acids is 2. The number of halogens is 1. The topological polar surface area (TPSA) is 52.6 Å². The van der Waals surface area contributed by atoms with Gasteiger partial charge in [0.2, 0.25) is 0 Å². The van der Waals surface area contributed by atoms with Gasteiger partial charge in [0.15, 0.2) is 11.7 Å². The first-order valence-corrected chi connectivity index (χ1v) is 5.25. The first-order valence-electron chi connectivity index (χ1n) is 5.25. The normalized spacial score (nSPS) is 18.2. The molecule has 0 aromatic heterocycles. The third-order valence-electron chi connectivity index (χ3n) is 2.52. The maximum absolute atomic E-state index is 13.7. The van der Waals surface area contributed by atoms with Crippen LogP contribution in [0.15, 0.2) is 18.2 Å². The number of carbonyl (C=O) groups is 2. The van der Waals surface area contributed by atoms with Crippen LogP contribution >= 0.6 is 0 Å². The molecule has 0 amide bonds. The Morgan fingerprint density at radius 3 is 3.06 bits per heavy atom. The second-order valence-corrected chi connectivity index (χ2v) is 3.59. The molecule has 0 radical (unpaired) electrons.